The fraction of sp³-hybridized carbons (Fsp3) is 0.400. The minimum atomic E-state index is 0.0320. The molecule has 13 heavy (non-hydrogen) atoms. The molecule has 0 aliphatic carbocycles. The van der Waals surface area contributed by atoms with E-state index in [1.54, 1.807) is 12.1 Å². The SMILES string of the molecule is CN(C)C(N)Cc1ccc(O)cc1. The number of nitrogens with two attached hydrogens (primary N) is 1. The zero-order chi connectivity index (χ0) is 9.84. The van der Waals surface area contributed by atoms with E-state index >= 15 is 0 Å². The lowest BCUT2D eigenvalue weighted by atomic mass is 10.1. The van der Waals surface area contributed by atoms with Crippen LogP contribution in [0.3, 0.4) is 0 Å². The van der Waals surface area contributed by atoms with Gasteiger partial charge in [0.25, 0.3) is 0 Å². The first-order valence-corrected chi connectivity index (χ1v) is 4.29. The van der Waals surface area contributed by atoms with Crippen molar-refractivity contribution in [3.63, 3.8) is 0 Å². The number of benzene rings is 1. The topological polar surface area (TPSA) is 49.5 Å². The largest absolute Gasteiger partial charge is 0.508 e. The van der Waals surface area contributed by atoms with E-state index in [0.717, 1.165) is 12.0 Å². The predicted molar refractivity (Wildman–Crippen MR) is 53.5 cm³/mol. The Hall–Kier alpha value is -1.06. The molecule has 0 aliphatic rings. The summed E-state index contributed by atoms with van der Waals surface area (Å²) >= 11 is 0. The maximum absolute atomic E-state index is 9.06. The molecule has 1 rings (SSSR count). The van der Waals surface area contributed by atoms with Gasteiger partial charge in [-0.2, -0.15) is 0 Å². The fourth-order valence-corrected chi connectivity index (χ4v) is 1.06. The molecular formula is C10H16N2O. The maximum atomic E-state index is 9.06. The average molecular weight is 180 g/mol. The van der Waals surface area contributed by atoms with Crippen molar-refractivity contribution in [1.29, 1.82) is 0 Å². The Bertz CT molecular complexity index is 256. The molecule has 0 fully saturated rings. The number of rotatable bonds is 3. The molecule has 72 valence electrons. The molecule has 1 aromatic rings. The molecule has 1 atom stereocenters. The minimum absolute atomic E-state index is 0.0320. The quantitative estimate of drug-likeness (QED) is 0.676. The van der Waals surface area contributed by atoms with Crippen LogP contribution in [0.1, 0.15) is 5.56 Å². The normalized spacial score (nSPS) is 13.2. The molecule has 1 aromatic carbocycles. The van der Waals surface area contributed by atoms with Gasteiger partial charge in [-0.3, -0.25) is 4.90 Å². The van der Waals surface area contributed by atoms with Crippen LogP contribution in [-0.4, -0.2) is 30.3 Å². The number of likely N-dealkylation sites (N-methyl/N-ethyl adjacent to an activating group) is 1. The van der Waals surface area contributed by atoms with Gasteiger partial charge in [-0.05, 0) is 31.8 Å². The lowest BCUT2D eigenvalue weighted by Gasteiger charge is -2.19. The summed E-state index contributed by atoms with van der Waals surface area (Å²) in [7, 11) is 3.90. The lowest BCUT2D eigenvalue weighted by Crippen LogP contribution is -2.38. The molecule has 0 amide bonds. The monoisotopic (exact) mass is 180 g/mol. The van der Waals surface area contributed by atoms with Gasteiger partial charge in [0.05, 0.1) is 6.17 Å². The van der Waals surface area contributed by atoms with Gasteiger partial charge in [0.2, 0.25) is 0 Å². The van der Waals surface area contributed by atoms with E-state index in [4.69, 9.17) is 10.8 Å². The molecule has 1 unspecified atom stereocenters. The summed E-state index contributed by atoms with van der Waals surface area (Å²) in [4.78, 5) is 1.97. The number of nitrogens with zero attached hydrogens (tertiary/aromatic N) is 1. The van der Waals surface area contributed by atoms with Crippen molar-refractivity contribution in [3.8, 4) is 5.75 Å². The molecule has 0 heterocycles. The van der Waals surface area contributed by atoms with E-state index < -0.39 is 0 Å². The van der Waals surface area contributed by atoms with Gasteiger partial charge in [-0.25, -0.2) is 0 Å². The molecule has 0 spiro atoms. The highest BCUT2D eigenvalue weighted by Crippen LogP contribution is 2.10. The van der Waals surface area contributed by atoms with Crippen LogP contribution in [0.15, 0.2) is 24.3 Å². The van der Waals surface area contributed by atoms with Crippen molar-refractivity contribution < 1.29 is 5.11 Å². The second-order valence-electron chi connectivity index (χ2n) is 3.40. The predicted octanol–water partition coefficient (Wildman–Crippen LogP) is 0.781. The lowest BCUT2D eigenvalue weighted by molar-refractivity contribution is 0.299. The number of hydrogen-bond donors (Lipinski definition) is 2. The highest BCUT2D eigenvalue weighted by Gasteiger charge is 2.05. The summed E-state index contributed by atoms with van der Waals surface area (Å²) in [6.07, 6.45) is 0.831. The molecule has 3 N–H and O–H groups in total. The summed E-state index contributed by atoms with van der Waals surface area (Å²) in [5.74, 6) is 0.294. The summed E-state index contributed by atoms with van der Waals surface area (Å²) < 4.78 is 0. The third-order valence-electron chi connectivity index (χ3n) is 2.04. The number of hydrogen-bond acceptors (Lipinski definition) is 3. The van der Waals surface area contributed by atoms with Crippen molar-refractivity contribution in [2.45, 2.75) is 12.6 Å². The molecule has 0 radical (unpaired) electrons. The maximum Gasteiger partial charge on any atom is 0.115 e. The van der Waals surface area contributed by atoms with E-state index in [-0.39, 0.29) is 6.17 Å². The van der Waals surface area contributed by atoms with Crippen molar-refractivity contribution in [3.05, 3.63) is 29.8 Å². The van der Waals surface area contributed by atoms with Gasteiger partial charge in [0, 0.05) is 6.42 Å². The Kier molecular flexibility index (Phi) is 3.28. The van der Waals surface area contributed by atoms with Crippen LogP contribution in [0.2, 0.25) is 0 Å². The molecule has 0 aliphatic heterocycles. The van der Waals surface area contributed by atoms with E-state index in [1.807, 2.05) is 31.1 Å². The van der Waals surface area contributed by atoms with Crippen molar-refractivity contribution in [2.24, 2.45) is 5.73 Å². The molecule has 0 saturated carbocycles. The molecular weight excluding hydrogens is 164 g/mol. The number of phenols is 1. The summed E-state index contributed by atoms with van der Waals surface area (Å²) in [5.41, 5.74) is 6.99. The van der Waals surface area contributed by atoms with Crippen LogP contribution in [0.4, 0.5) is 0 Å². The van der Waals surface area contributed by atoms with E-state index in [9.17, 15) is 0 Å². The average Bonchev–Trinajstić information content (AvgIpc) is 2.08. The van der Waals surface area contributed by atoms with Crippen molar-refractivity contribution >= 4 is 0 Å². The van der Waals surface area contributed by atoms with Crippen molar-refractivity contribution in [2.75, 3.05) is 14.1 Å². The number of aromatic hydroxyl groups is 1. The highest BCUT2D eigenvalue weighted by molar-refractivity contribution is 5.26. The summed E-state index contributed by atoms with van der Waals surface area (Å²) in [6, 6.07) is 7.13. The Balaban J connectivity index is 2.59. The molecule has 3 nitrogen and oxygen atoms in total. The van der Waals surface area contributed by atoms with Crippen LogP contribution in [0.5, 0.6) is 5.75 Å². The van der Waals surface area contributed by atoms with Gasteiger partial charge in [-0.15, -0.1) is 0 Å². The molecule has 0 saturated heterocycles. The Morgan fingerprint density at radius 3 is 2.31 bits per heavy atom. The molecule has 0 bridgehead atoms. The van der Waals surface area contributed by atoms with E-state index in [1.165, 1.54) is 0 Å². The minimum Gasteiger partial charge on any atom is -0.508 e. The standard InChI is InChI=1S/C10H16N2O/c1-12(2)10(11)7-8-3-5-9(13)6-4-8/h3-6,10,13H,7,11H2,1-2H3. The van der Waals surface area contributed by atoms with Gasteiger partial charge in [0.1, 0.15) is 5.75 Å². The van der Waals surface area contributed by atoms with Crippen LogP contribution in [0.25, 0.3) is 0 Å². The fourth-order valence-electron chi connectivity index (χ4n) is 1.06. The first-order chi connectivity index (χ1) is 6.09. The first kappa shape index (κ1) is 10.0. The zero-order valence-corrected chi connectivity index (χ0v) is 8.07. The zero-order valence-electron chi connectivity index (χ0n) is 8.07. The van der Waals surface area contributed by atoms with Crippen LogP contribution >= 0.6 is 0 Å². The summed E-state index contributed by atoms with van der Waals surface area (Å²) in [6.45, 7) is 0. The highest BCUT2D eigenvalue weighted by atomic mass is 16.3. The first-order valence-electron chi connectivity index (χ1n) is 4.29. The van der Waals surface area contributed by atoms with Crippen LogP contribution in [0, 0.1) is 0 Å². The Morgan fingerprint density at radius 1 is 1.31 bits per heavy atom. The van der Waals surface area contributed by atoms with Gasteiger partial charge in [-0.1, -0.05) is 12.1 Å². The van der Waals surface area contributed by atoms with E-state index in [0.29, 0.717) is 5.75 Å². The Morgan fingerprint density at radius 2 is 1.85 bits per heavy atom. The van der Waals surface area contributed by atoms with Crippen LogP contribution < -0.4 is 5.73 Å². The van der Waals surface area contributed by atoms with Crippen LogP contribution in [-0.2, 0) is 6.42 Å². The number of phenolic OH excluding ortho intramolecular Hbond substituents is 1. The van der Waals surface area contributed by atoms with E-state index in [2.05, 4.69) is 0 Å². The second kappa shape index (κ2) is 4.25. The van der Waals surface area contributed by atoms with Crippen molar-refractivity contribution in [1.82, 2.24) is 4.90 Å². The molecule has 3 heteroatoms. The second-order valence-corrected chi connectivity index (χ2v) is 3.40. The third-order valence-corrected chi connectivity index (χ3v) is 2.04. The van der Waals surface area contributed by atoms with Gasteiger partial charge in [0.15, 0.2) is 0 Å². The molecule has 0 aromatic heterocycles. The van der Waals surface area contributed by atoms with Gasteiger partial charge < -0.3 is 10.8 Å². The Labute approximate surface area is 78.8 Å². The smallest absolute Gasteiger partial charge is 0.115 e. The summed E-state index contributed by atoms with van der Waals surface area (Å²) in [5, 5.41) is 9.06. The third kappa shape index (κ3) is 3.05. The van der Waals surface area contributed by atoms with Gasteiger partial charge >= 0.3 is 0 Å².